The van der Waals surface area contributed by atoms with E-state index in [1.165, 1.54) is 30.3 Å². The van der Waals surface area contributed by atoms with Crippen LogP contribution in [0.15, 0.2) is 83.8 Å². The number of rotatable bonds is 9. The highest BCUT2D eigenvalue weighted by atomic mass is 35.5. The maximum absolute atomic E-state index is 14.1. The Hall–Kier alpha value is -3.59. The standard InChI is InChI=1S/C31H29Cl2NO6S/c1-5-39-30(36)29-24(19-31(3,4)16-15-27(35)40-22-9-7-6-8-10-22)28-25(33)17-21(32)18-26(28)34(29)41(37,38)23-13-11-20(2)12-14-23/h6-18H,5,19H2,1-4H3/b16-15-. The number of carbonyl (C=O) groups is 2. The van der Waals surface area contributed by atoms with Gasteiger partial charge in [-0.2, -0.15) is 0 Å². The van der Waals surface area contributed by atoms with Gasteiger partial charge in [-0.25, -0.2) is 22.0 Å². The first kappa shape index (κ1) is 30.4. The molecule has 0 aliphatic carbocycles. The summed E-state index contributed by atoms with van der Waals surface area (Å²) in [5.74, 6) is -1.01. The van der Waals surface area contributed by atoms with Gasteiger partial charge in [0.2, 0.25) is 0 Å². The van der Waals surface area contributed by atoms with Gasteiger partial charge in [-0.3, -0.25) is 0 Å². The van der Waals surface area contributed by atoms with E-state index in [4.69, 9.17) is 32.7 Å². The Morgan fingerprint density at radius 3 is 2.29 bits per heavy atom. The molecule has 4 aromatic rings. The van der Waals surface area contributed by atoms with Gasteiger partial charge in [-0.05, 0) is 67.6 Å². The molecule has 0 fully saturated rings. The smallest absolute Gasteiger partial charge is 0.356 e. The van der Waals surface area contributed by atoms with E-state index in [1.54, 1.807) is 49.4 Å². The SMILES string of the molecule is CCOC(=O)c1c(CC(C)(C)/C=C\C(=O)Oc2ccccc2)c2c(Cl)cc(Cl)cc2n1S(=O)(=O)c1ccc(C)cc1. The topological polar surface area (TPSA) is 91.7 Å². The number of carbonyl (C=O) groups excluding carboxylic acids is 2. The molecule has 1 aromatic heterocycles. The molecule has 41 heavy (non-hydrogen) atoms. The summed E-state index contributed by atoms with van der Waals surface area (Å²) in [4.78, 5) is 25.9. The number of hydrogen-bond acceptors (Lipinski definition) is 6. The number of benzene rings is 3. The van der Waals surface area contributed by atoms with E-state index >= 15 is 0 Å². The number of allylic oxidation sites excluding steroid dienone is 1. The summed E-state index contributed by atoms with van der Waals surface area (Å²) in [6.45, 7) is 7.18. The van der Waals surface area contributed by atoms with E-state index in [9.17, 15) is 18.0 Å². The van der Waals surface area contributed by atoms with Crippen molar-refractivity contribution in [3.8, 4) is 5.75 Å². The molecule has 0 saturated heterocycles. The van der Waals surface area contributed by atoms with Gasteiger partial charge < -0.3 is 9.47 Å². The summed E-state index contributed by atoms with van der Waals surface area (Å²) < 4.78 is 39.8. The minimum absolute atomic E-state index is 0.0176. The molecule has 3 aromatic carbocycles. The van der Waals surface area contributed by atoms with Crippen molar-refractivity contribution >= 4 is 56.1 Å². The van der Waals surface area contributed by atoms with Crippen molar-refractivity contribution in [3.63, 3.8) is 0 Å². The molecular formula is C31H29Cl2NO6S. The Morgan fingerprint density at radius 2 is 1.66 bits per heavy atom. The second-order valence-corrected chi connectivity index (χ2v) is 12.8. The number of ether oxygens (including phenoxy) is 2. The van der Waals surface area contributed by atoms with Crippen molar-refractivity contribution < 1.29 is 27.5 Å². The number of aromatic nitrogens is 1. The Morgan fingerprint density at radius 1 is 1.00 bits per heavy atom. The fourth-order valence-corrected chi connectivity index (χ4v) is 6.59. The van der Waals surface area contributed by atoms with Gasteiger partial charge in [0.1, 0.15) is 11.4 Å². The molecule has 0 radical (unpaired) electrons. The predicted molar refractivity (Wildman–Crippen MR) is 160 cm³/mol. The number of fused-ring (bicyclic) bond motifs is 1. The molecular weight excluding hydrogens is 585 g/mol. The Balaban J connectivity index is 1.88. The lowest BCUT2D eigenvalue weighted by Crippen LogP contribution is -2.22. The number of hydrogen-bond donors (Lipinski definition) is 0. The molecule has 7 nitrogen and oxygen atoms in total. The third kappa shape index (κ3) is 6.67. The number of para-hydroxylation sites is 1. The van der Waals surface area contributed by atoms with Crippen molar-refractivity contribution in [3.05, 3.63) is 106 Å². The molecule has 1 heterocycles. The van der Waals surface area contributed by atoms with Crippen LogP contribution in [0.3, 0.4) is 0 Å². The van der Waals surface area contributed by atoms with Crippen molar-refractivity contribution in [2.24, 2.45) is 5.41 Å². The zero-order valence-corrected chi connectivity index (χ0v) is 25.3. The molecule has 0 unspecified atom stereocenters. The lowest BCUT2D eigenvalue weighted by molar-refractivity contribution is -0.129. The van der Waals surface area contributed by atoms with E-state index in [1.807, 2.05) is 26.8 Å². The zero-order valence-electron chi connectivity index (χ0n) is 23.0. The largest absolute Gasteiger partial charge is 0.461 e. The normalized spacial score (nSPS) is 12.1. The van der Waals surface area contributed by atoms with Crippen molar-refractivity contribution in [1.82, 2.24) is 3.97 Å². The van der Waals surface area contributed by atoms with Crippen LogP contribution in [0.25, 0.3) is 10.9 Å². The van der Waals surface area contributed by atoms with Gasteiger partial charge in [0.05, 0.1) is 22.0 Å². The first-order valence-electron chi connectivity index (χ1n) is 12.8. The number of esters is 2. The average molecular weight is 615 g/mol. The highest BCUT2D eigenvalue weighted by molar-refractivity contribution is 7.90. The molecule has 0 aliphatic heterocycles. The lowest BCUT2D eigenvalue weighted by atomic mass is 9.84. The third-order valence-electron chi connectivity index (χ3n) is 6.34. The maximum atomic E-state index is 14.1. The van der Waals surface area contributed by atoms with Crippen LogP contribution < -0.4 is 4.74 Å². The molecule has 0 N–H and O–H groups in total. The maximum Gasteiger partial charge on any atom is 0.356 e. The summed E-state index contributed by atoms with van der Waals surface area (Å²) in [6.07, 6.45) is 3.08. The highest BCUT2D eigenvalue weighted by Gasteiger charge is 2.34. The third-order valence-corrected chi connectivity index (χ3v) is 8.58. The first-order valence-corrected chi connectivity index (χ1v) is 15.0. The first-order chi connectivity index (χ1) is 19.3. The van der Waals surface area contributed by atoms with Crippen LogP contribution in [0.2, 0.25) is 10.0 Å². The van der Waals surface area contributed by atoms with Crippen LogP contribution in [-0.4, -0.2) is 30.9 Å². The molecule has 0 bridgehead atoms. The minimum atomic E-state index is -4.30. The summed E-state index contributed by atoms with van der Waals surface area (Å²) >= 11 is 13.0. The van der Waals surface area contributed by atoms with Gasteiger partial charge in [-0.15, -0.1) is 0 Å². The van der Waals surface area contributed by atoms with Gasteiger partial charge >= 0.3 is 11.9 Å². The Bertz CT molecular complexity index is 1740. The summed E-state index contributed by atoms with van der Waals surface area (Å²) in [7, 11) is -4.30. The van der Waals surface area contributed by atoms with Crippen molar-refractivity contribution in [2.75, 3.05) is 6.61 Å². The molecule has 0 spiro atoms. The number of halogens is 2. The van der Waals surface area contributed by atoms with E-state index in [0.717, 1.165) is 9.54 Å². The van der Waals surface area contributed by atoms with Gasteiger partial charge in [0.25, 0.3) is 10.0 Å². The van der Waals surface area contributed by atoms with Crippen LogP contribution in [0.1, 0.15) is 42.4 Å². The number of nitrogens with zero attached hydrogens (tertiary/aromatic N) is 1. The Labute approximate surface area is 249 Å². The molecule has 0 amide bonds. The lowest BCUT2D eigenvalue weighted by Gasteiger charge is -2.21. The molecule has 4 rings (SSSR count). The summed E-state index contributed by atoms with van der Waals surface area (Å²) in [5, 5.41) is 0.724. The zero-order chi connectivity index (χ0) is 29.9. The van der Waals surface area contributed by atoms with Crippen molar-refractivity contribution in [1.29, 1.82) is 0 Å². The molecule has 0 saturated carbocycles. The highest BCUT2D eigenvalue weighted by Crippen LogP contribution is 2.40. The van der Waals surface area contributed by atoms with Crippen LogP contribution in [-0.2, 0) is 26.0 Å². The summed E-state index contributed by atoms with van der Waals surface area (Å²) in [6, 6.07) is 17.9. The van der Waals surface area contributed by atoms with E-state index in [2.05, 4.69) is 0 Å². The predicted octanol–water partition coefficient (Wildman–Crippen LogP) is 7.40. The fourth-order valence-electron chi connectivity index (χ4n) is 4.47. The van der Waals surface area contributed by atoms with E-state index in [-0.39, 0.29) is 39.2 Å². The van der Waals surface area contributed by atoms with Crippen LogP contribution in [0, 0.1) is 12.3 Å². The number of aryl methyl sites for hydroxylation is 1. The monoisotopic (exact) mass is 613 g/mol. The van der Waals surface area contributed by atoms with Gasteiger partial charge in [-0.1, -0.05) is 79.0 Å². The minimum Gasteiger partial charge on any atom is -0.461 e. The van der Waals surface area contributed by atoms with Gasteiger partial charge in [0, 0.05) is 16.5 Å². The molecule has 10 heteroatoms. The van der Waals surface area contributed by atoms with E-state index < -0.39 is 27.4 Å². The second kappa shape index (κ2) is 12.1. The molecule has 0 aliphatic rings. The van der Waals surface area contributed by atoms with Gasteiger partial charge in [0.15, 0.2) is 0 Å². The van der Waals surface area contributed by atoms with Crippen molar-refractivity contribution in [2.45, 2.75) is 39.0 Å². The van der Waals surface area contributed by atoms with Crippen LogP contribution in [0.5, 0.6) is 5.75 Å². The molecule has 214 valence electrons. The average Bonchev–Trinajstić information content (AvgIpc) is 3.22. The fraction of sp³-hybridized carbons (Fsp3) is 0.226. The summed E-state index contributed by atoms with van der Waals surface area (Å²) in [5.41, 5.74) is 0.427. The quantitative estimate of drug-likeness (QED) is 0.111. The Kier molecular flexibility index (Phi) is 8.97. The van der Waals surface area contributed by atoms with E-state index in [0.29, 0.717) is 16.7 Å². The van der Waals surface area contributed by atoms with Crippen LogP contribution >= 0.6 is 23.2 Å². The van der Waals surface area contributed by atoms with Crippen LogP contribution in [0.4, 0.5) is 0 Å². The second-order valence-electron chi connectivity index (χ2n) is 10.1. The molecule has 0 atom stereocenters.